The van der Waals surface area contributed by atoms with Gasteiger partial charge >= 0.3 is 0 Å². The Morgan fingerprint density at radius 2 is 2.57 bits per heavy atom. The molecular weight excluding hydrogens is 192 g/mol. The van der Waals surface area contributed by atoms with Gasteiger partial charge in [0.15, 0.2) is 0 Å². The third-order valence-electron chi connectivity index (χ3n) is 2.75. The van der Waals surface area contributed by atoms with Gasteiger partial charge < -0.3 is 10.2 Å². The van der Waals surface area contributed by atoms with E-state index in [1.807, 2.05) is 0 Å². The van der Waals surface area contributed by atoms with E-state index in [-0.39, 0.29) is 0 Å². The zero-order chi connectivity index (χ0) is 9.80. The van der Waals surface area contributed by atoms with Crippen molar-refractivity contribution in [2.45, 2.75) is 19.4 Å². The van der Waals surface area contributed by atoms with Gasteiger partial charge in [-0.2, -0.15) is 11.3 Å². The molecule has 1 fully saturated rings. The first-order valence-electron chi connectivity index (χ1n) is 5.31. The molecule has 0 spiro atoms. The van der Waals surface area contributed by atoms with Gasteiger partial charge in [-0.15, -0.1) is 0 Å². The molecule has 0 aliphatic carbocycles. The summed E-state index contributed by atoms with van der Waals surface area (Å²) in [5, 5.41) is 7.88. The summed E-state index contributed by atoms with van der Waals surface area (Å²) < 4.78 is 0. The van der Waals surface area contributed by atoms with Crippen LogP contribution in [0.5, 0.6) is 0 Å². The first-order chi connectivity index (χ1) is 6.84. The Hall–Kier alpha value is -0.380. The summed E-state index contributed by atoms with van der Waals surface area (Å²) in [6.07, 6.45) is 1.20. The largest absolute Gasteiger partial charge is 0.312 e. The van der Waals surface area contributed by atoms with Crippen molar-refractivity contribution in [2.75, 3.05) is 26.2 Å². The molecule has 2 rings (SSSR count). The maximum absolute atomic E-state index is 3.47. The van der Waals surface area contributed by atoms with Crippen molar-refractivity contribution >= 4 is 11.3 Å². The third-order valence-corrected chi connectivity index (χ3v) is 3.48. The van der Waals surface area contributed by atoms with E-state index in [0.717, 1.165) is 6.54 Å². The molecule has 0 bridgehead atoms. The number of hydrogen-bond donors (Lipinski definition) is 1. The smallest absolute Gasteiger partial charge is 0.0167 e. The van der Waals surface area contributed by atoms with Crippen LogP contribution in [0.3, 0.4) is 0 Å². The summed E-state index contributed by atoms with van der Waals surface area (Å²) >= 11 is 1.80. The lowest BCUT2D eigenvalue weighted by Gasteiger charge is -2.31. The fourth-order valence-electron chi connectivity index (χ4n) is 1.94. The Morgan fingerprint density at radius 1 is 1.64 bits per heavy atom. The predicted octanol–water partition coefficient (Wildman–Crippen LogP) is 1.58. The van der Waals surface area contributed by atoms with Gasteiger partial charge in [0.25, 0.3) is 0 Å². The lowest BCUT2D eigenvalue weighted by Crippen LogP contribution is -2.49. The molecule has 1 aliphatic rings. The van der Waals surface area contributed by atoms with E-state index in [9.17, 15) is 0 Å². The molecule has 1 atom stereocenters. The topological polar surface area (TPSA) is 15.3 Å². The summed E-state index contributed by atoms with van der Waals surface area (Å²) in [6.45, 7) is 7.02. The minimum atomic E-state index is 0.659. The van der Waals surface area contributed by atoms with Crippen LogP contribution >= 0.6 is 11.3 Å². The van der Waals surface area contributed by atoms with E-state index < -0.39 is 0 Å². The monoisotopic (exact) mass is 210 g/mol. The van der Waals surface area contributed by atoms with Crippen LogP contribution in [0, 0.1) is 0 Å². The van der Waals surface area contributed by atoms with E-state index >= 15 is 0 Å². The zero-order valence-corrected chi connectivity index (χ0v) is 9.52. The molecule has 1 saturated heterocycles. The first kappa shape index (κ1) is 10.1. The van der Waals surface area contributed by atoms with Crippen molar-refractivity contribution in [3.8, 4) is 0 Å². The Labute approximate surface area is 89.9 Å². The molecule has 1 aromatic rings. The normalized spacial score (nSPS) is 23.9. The second-order valence-corrected chi connectivity index (χ2v) is 4.82. The fraction of sp³-hybridized carbons (Fsp3) is 0.636. The molecule has 3 heteroatoms. The van der Waals surface area contributed by atoms with E-state index in [2.05, 4.69) is 34.0 Å². The predicted molar refractivity (Wildman–Crippen MR) is 61.9 cm³/mol. The Balaban J connectivity index is 1.75. The van der Waals surface area contributed by atoms with Gasteiger partial charge in [-0.25, -0.2) is 0 Å². The van der Waals surface area contributed by atoms with Crippen molar-refractivity contribution < 1.29 is 0 Å². The summed E-state index contributed by atoms with van der Waals surface area (Å²) in [4.78, 5) is 2.55. The van der Waals surface area contributed by atoms with Crippen molar-refractivity contribution in [1.29, 1.82) is 0 Å². The van der Waals surface area contributed by atoms with Crippen LogP contribution in [0.4, 0.5) is 0 Å². The van der Waals surface area contributed by atoms with Crippen molar-refractivity contribution in [2.24, 2.45) is 0 Å². The summed E-state index contributed by atoms with van der Waals surface area (Å²) in [5.74, 6) is 0. The van der Waals surface area contributed by atoms with E-state index in [0.29, 0.717) is 6.04 Å². The van der Waals surface area contributed by atoms with Gasteiger partial charge in [-0.1, -0.05) is 0 Å². The number of rotatable bonds is 3. The average molecular weight is 210 g/mol. The number of nitrogens with zero attached hydrogens (tertiary/aromatic N) is 1. The molecule has 14 heavy (non-hydrogen) atoms. The van der Waals surface area contributed by atoms with Crippen LogP contribution in [0.15, 0.2) is 16.8 Å². The average Bonchev–Trinajstić information content (AvgIpc) is 2.67. The lowest BCUT2D eigenvalue weighted by atomic mass is 10.2. The number of hydrogen-bond acceptors (Lipinski definition) is 3. The molecular formula is C11H18N2S. The number of nitrogens with one attached hydrogen (secondary N) is 1. The van der Waals surface area contributed by atoms with Gasteiger partial charge in [-0.3, -0.25) is 0 Å². The van der Waals surface area contributed by atoms with E-state index in [1.54, 1.807) is 11.3 Å². The Bertz CT molecular complexity index is 258. The SMILES string of the molecule is C[C@@H]1CN(CCc2ccsc2)CCN1. The second-order valence-electron chi connectivity index (χ2n) is 4.04. The van der Waals surface area contributed by atoms with Crippen molar-refractivity contribution in [3.63, 3.8) is 0 Å². The zero-order valence-electron chi connectivity index (χ0n) is 8.70. The molecule has 2 heterocycles. The van der Waals surface area contributed by atoms with Crippen molar-refractivity contribution in [3.05, 3.63) is 22.4 Å². The molecule has 0 saturated carbocycles. The van der Waals surface area contributed by atoms with Crippen LogP contribution < -0.4 is 5.32 Å². The highest BCUT2D eigenvalue weighted by Gasteiger charge is 2.14. The molecule has 1 aliphatic heterocycles. The fourth-order valence-corrected chi connectivity index (χ4v) is 2.64. The molecule has 0 radical (unpaired) electrons. The minimum Gasteiger partial charge on any atom is -0.312 e. The van der Waals surface area contributed by atoms with Crippen LogP contribution in [0.25, 0.3) is 0 Å². The second kappa shape index (κ2) is 4.91. The molecule has 2 nitrogen and oxygen atoms in total. The molecule has 1 N–H and O–H groups in total. The van der Waals surface area contributed by atoms with Crippen LogP contribution in [-0.2, 0) is 6.42 Å². The van der Waals surface area contributed by atoms with Crippen LogP contribution in [-0.4, -0.2) is 37.1 Å². The molecule has 1 aromatic heterocycles. The van der Waals surface area contributed by atoms with Gasteiger partial charge in [0, 0.05) is 32.2 Å². The first-order valence-corrected chi connectivity index (χ1v) is 6.25. The van der Waals surface area contributed by atoms with Gasteiger partial charge in [0.05, 0.1) is 0 Å². The van der Waals surface area contributed by atoms with E-state index in [4.69, 9.17) is 0 Å². The van der Waals surface area contributed by atoms with Crippen LogP contribution in [0.1, 0.15) is 12.5 Å². The van der Waals surface area contributed by atoms with Gasteiger partial charge in [-0.05, 0) is 35.7 Å². The Kier molecular flexibility index (Phi) is 3.56. The maximum Gasteiger partial charge on any atom is 0.0167 e. The molecule has 0 aromatic carbocycles. The number of thiophene rings is 1. The molecule has 0 unspecified atom stereocenters. The van der Waals surface area contributed by atoms with Gasteiger partial charge in [0.1, 0.15) is 0 Å². The maximum atomic E-state index is 3.47. The summed E-state index contributed by atoms with van der Waals surface area (Å²) in [6, 6.07) is 2.89. The minimum absolute atomic E-state index is 0.659. The Morgan fingerprint density at radius 3 is 3.29 bits per heavy atom. The van der Waals surface area contributed by atoms with Crippen molar-refractivity contribution in [1.82, 2.24) is 10.2 Å². The molecule has 78 valence electrons. The van der Waals surface area contributed by atoms with E-state index in [1.165, 1.54) is 31.6 Å². The summed E-state index contributed by atoms with van der Waals surface area (Å²) in [7, 11) is 0. The van der Waals surface area contributed by atoms with Gasteiger partial charge in [0.2, 0.25) is 0 Å². The quantitative estimate of drug-likeness (QED) is 0.815. The third kappa shape index (κ3) is 2.80. The number of piperazine rings is 1. The highest BCUT2D eigenvalue weighted by Crippen LogP contribution is 2.08. The van der Waals surface area contributed by atoms with Crippen LogP contribution in [0.2, 0.25) is 0 Å². The summed E-state index contributed by atoms with van der Waals surface area (Å²) in [5.41, 5.74) is 1.49. The highest BCUT2D eigenvalue weighted by atomic mass is 32.1. The standard InChI is InChI=1S/C11H18N2S/c1-10-8-13(6-4-12-10)5-2-11-3-7-14-9-11/h3,7,9-10,12H,2,4-6,8H2,1H3/t10-/m1/s1. The lowest BCUT2D eigenvalue weighted by molar-refractivity contribution is 0.209. The highest BCUT2D eigenvalue weighted by molar-refractivity contribution is 7.07. The molecule has 0 amide bonds.